The van der Waals surface area contributed by atoms with Gasteiger partial charge in [0.2, 0.25) is 5.36 Å². The van der Waals surface area contributed by atoms with Gasteiger partial charge in [0.25, 0.3) is 0 Å². The highest BCUT2D eigenvalue weighted by molar-refractivity contribution is 6.08. The van der Waals surface area contributed by atoms with E-state index in [0.29, 0.717) is 22.3 Å². The summed E-state index contributed by atoms with van der Waals surface area (Å²) in [6, 6.07) is 10.4. The highest BCUT2D eigenvalue weighted by atomic mass is 19.2. The Morgan fingerprint density at radius 1 is 1.03 bits per heavy atom. The van der Waals surface area contributed by atoms with Crippen LogP contribution in [0.15, 0.2) is 45.9 Å². The SMILES string of the molecule is [N-]=[N+]=Nc1c(F)c(F)c(C(=O)O)c(-c2c3ccc(=[N+]4CCC4)cc-3oc3cc(N4CCC4)ccc23)c1F. The summed E-state index contributed by atoms with van der Waals surface area (Å²) in [7, 11) is 0. The first-order valence-electron chi connectivity index (χ1n) is 11.7. The van der Waals surface area contributed by atoms with E-state index in [1.54, 1.807) is 36.4 Å². The normalized spacial score (nSPS) is 14.9. The third-order valence-electron chi connectivity index (χ3n) is 7.04. The van der Waals surface area contributed by atoms with Crippen LogP contribution < -0.4 is 14.8 Å². The van der Waals surface area contributed by atoms with E-state index in [1.807, 2.05) is 0 Å². The molecular weight excluding hydrogens is 487 g/mol. The number of carbonyl (C=O) groups is 1. The zero-order valence-corrected chi connectivity index (χ0v) is 19.3. The van der Waals surface area contributed by atoms with Gasteiger partial charge in [-0.2, -0.15) is 0 Å². The summed E-state index contributed by atoms with van der Waals surface area (Å²) < 4.78 is 53.8. The van der Waals surface area contributed by atoms with Crippen molar-refractivity contribution in [1.82, 2.24) is 4.58 Å². The first-order chi connectivity index (χ1) is 17.9. The maximum atomic E-state index is 15.8. The Morgan fingerprint density at radius 3 is 2.43 bits per heavy atom. The molecule has 0 aromatic heterocycles. The van der Waals surface area contributed by atoms with Crippen molar-refractivity contribution in [3.05, 3.63) is 75.2 Å². The molecule has 2 aromatic rings. The smallest absolute Gasteiger partial charge is 0.339 e. The summed E-state index contributed by atoms with van der Waals surface area (Å²) in [6.45, 7) is 3.45. The van der Waals surface area contributed by atoms with E-state index in [0.717, 1.165) is 50.1 Å². The van der Waals surface area contributed by atoms with E-state index in [9.17, 15) is 14.3 Å². The van der Waals surface area contributed by atoms with E-state index >= 15 is 8.78 Å². The van der Waals surface area contributed by atoms with Gasteiger partial charge in [0, 0.05) is 57.9 Å². The van der Waals surface area contributed by atoms with Crippen LogP contribution in [0.2, 0.25) is 0 Å². The van der Waals surface area contributed by atoms with Crippen molar-refractivity contribution in [2.24, 2.45) is 5.11 Å². The van der Waals surface area contributed by atoms with Gasteiger partial charge in [0.1, 0.15) is 41.5 Å². The van der Waals surface area contributed by atoms with Gasteiger partial charge in [-0.15, -0.1) is 0 Å². The molecule has 2 aromatic carbocycles. The van der Waals surface area contributed by atoms with Crippen LogP contribution >= 0.6 is 0 Å². The van der Waals surface area contributed by atoms with Crippen LogP contribution in [0.3, 0.4) is 0 Å². The van der Waals surface area contributed by atoms with E-state index in [2.05, 4.69) is 19.5 Å². The number of benzene rings is 3. The molecule has 4 aliphatic rings. The molecule has 0 radical (unpaired) electrons. The molecule has 0 saturated carbocycles. The minimum atomic E-state index is -1.87. The largest absolute Gasteiger partial charge is 0.478 e. The maximum Gasteiger partial charge on any atom is 0.339 e. The second-order valence-corrected chi connectivity index (χ2v) is 9.05. The van der Waals surface area contributed by atoms with Crippen molar-refractivity contribution >= 4 is 28.3 Å². The fraction of sp³-hybridized carbons (Fsp3) is 0.231. The summed E-state index contributed by atoms with van der Waals surface area (Å²) in [5, 5.41) is 14.0. The molecule has 0 atom stereocenters. The lowest BCUT2D eigenvalue weighted by atomic mass is 9.89. The lowest BCUT2D eigenvalue weighted by Crippen LogP contribution is -2.40. The van der Waals surface area contributed by atoms with E-state index in [-0.39, 0.29) is 5.56 Å². The third-order valence-corrected chi connectivity index (χ3v) is 7.04. The lowest BCUT2D eigenvalue weighted by molar-refractivity contribution is 0.0691. The molecule has 37 heavy (non-hydrogen) atoms. The van der Waals surface area contributed by atoms with Crippen LogP contribution in [0.4, 0.5) is 24.5 Å². The number of nitrogens with zero attached hydrogens (tertiary/aromatic N) is 5. The van der Waals surface area contributed by atoms with Gasteiger partial charge in [-0.05, 0) is 30.2 Å². The Morgan fingerprint density at radius 2 is 1.81 bits per heavy atom. The molecule has 8 nitrogen and oxygen atoms in total. The average molecular weight is 506 g/mol. The molecule has 3 heterocycles. The van der Waals surface area contributed by atoms with Crippen LogP contribution in [0.5, 0.6) is 0 Å². The number of azide groups is 1. The van der Waals surface area contributed by atoms with Crippen molar-refractivity contribution in [1.29, 1.82) is 0 Å². The zero-order chi connectivity index (χ0) is 25.8. The van der Waals surface area contributed by atoms with E-state index in [1.165, 1.54) is 0 Å². The van der Waals surface area contributed by atoms with Crippen molar-refractivity contribution in [2.75, 3.05) is 31.1 Å². The second kappa shape index (κ2) is 8.56. The van der Waals surface area contributed by atoms with Crippen molar-refractivity contribution in [3.8, 4) is 22.5 Å². The van der Waals surface area contributed by atoms with Crippen molar-refractivity contribution < 1.29 is 27.5 Å². The van der Waals surface area contributed by atoms with Gasteiger partial charge in [-0.3, -0.25) is 0 Å². The predicted octanol–water partition coefficient (Wildman–Crippen LogP) is 5.65. The fourth-order valence-electron chi connectivity index (χ4n) is 4.90. The predicted molar refractivity (Wildman–Crippen MR) is 130 cm³/mol. The molecule has 0 spiro atoms. The van der Waals surface area contributed by atoms with Crippen LogP contribution in [-0.2, 0) is 0 Å². The van der Waals surface area contributed by atoms with Crippen LogP contribution in [0, 0.1) is 17.5 Å². The molecule has 0 amide bonds. The highest BCUT2D eigenvalue weighted by Crippen LogP contribution is 2.46. The summed E-state index contributed by atoms with van der Waals surface area (Å²) in [4.78, 5) is 16.6. The number of fused-ring (bicyclic) bond motifs is 2. The van der Waals surface area contributed by atoms with Gasteiger partial charge >= 0.3 is 5.97 Å². The standard InChI is InChI=1S/C26H18F3N5O3/c27-22-21(26(35)36)20(23(28)25(24(22)29)31-32-30)19-15-5-3-13(33-7-1-8-33)11-17(15)37-18-12-14(4-6-16(18)19)34-9-2-10-34/h3-6,11-12H,1-2,7-10H2/p+1. The Balaban J connectivity index is 1.77. The summed E-state index contributed by atoms with van der Waals surface area (Å²) >= 11 is 0. The summed E-state index contributed by atoms with van der Waals surface area (Å²) in [5.74, 6) is -6.71. The molecule has 3 aliphatic heterocycles. The number of rotatable bonds is 4. The minimum Gasteiger partial charge on any atom is -0.478 e. The number of anilines is 1. The molecule has 0 bridgehead atoms. The average Bonchev–Trinajstić information content (AvgIpc) is 2.80. The topological polar surface area (TPSA) is 105 Å². The molecule has 2 saturated heterocycles. The number of aromatic carboxylic acids is 1. The molecule has 1 aliphatic carbocycles. The Bertz CT molecular complexity index is 1720. The number of carboxylic acids is 1. The number of carboxylic acid groups (broad SMARTS) is 1. The molecule has 0 unspecified atom stereocenters. The Hall–Kier alpha value is -4.50. The van der Waals surface area contributed by atoms with Gasteiger partial charge in [0.15, 0.2) is 11.6 Å². The van der Waals surface area contributed by atoms with Gasteiger partial charge < -0.3 is 14.4 Å². The lowest BCUT2D eigenvalue weighted by Gasteiger charge is -2.33. The van der Waals surface area contributed by atoms with Crippen LogP contribution in [0.25, 0.3) is 43.9 Å². The molecule has 1 N–H and O–H groups in total. The molecular formula is C26H19F3N5O3+. The number of halogens is 3. The Kier molecular flexibility index (Phi) is 5.31. The van der Waals surface area contributed by atoms with E-state index in [4.69, 9.17) is 9.95 Å². The third kappa shape index (κ3) is 3.50. The van der Waals surface area contributed by atoms with Gasteiger partial charge in [-0.1, -0.05) is 5.11 Å². The molecule has 11 heteroatoms. The van der Waals surface area contributed by atoms with Crippen LogP contribution in [0.1, 0.15) is 23.2 Å². The van der Waals surface area contributed by atoms with Crippen LogP contribution in [-0.4, -0.2) is 37.3 Å². The summed E-state index contributed by atoms with van der Waals surface area (Å²) in [5.41, 5.74) is 7.17. The second-order valence-electron chi connectivity index (χ2n) is 9.05. The molecule has 2 fully saturated rings. The summed E-state index contributed by atoms with van der Waals surface area (Å²) in [6.07, 6.45) is 2.09. The van der Waals surface area contributed by atoms with Gasteiger partial charge in [0.05, 0.1) is 12.5 Å². The first-order valence-corrected chi connectivity index (χ1v) is 11.7. The number of hydrogen-bond donors (Lipinski definition) is 1. The maximum absolute atomic E-state index is 15.8. The molecule has 6 rings (SSSR count). The fourth-order valence-corrected chi connectivity index (χ4v) is 4.90. The Labute approximate surface area is 207 Å². The quantitative estimate of drug-likeness (QED) is 0.0965. The van der Waals surface area contributed by atoms with Crippen molar-refractivity contribution in [3.63, 3.8) is 0 Å². The van der Waals surface area contributed by atoms with Crippen molar-refractivity contribution in [2.45, 2.75) is 12.8 Å². The minimum absolute atomic E-state index is 0.00441. The first kappa shape index (κ1) is 22.9. The zero-order valence-electron chi connectivity index (χ0n) is 19.3. The van der Waals surface area contributed by atoms with E-state index < -0.39 is 40.2 Å². The number of hydrogen-bond acceptors (Lipinski definition) is 4. The monoisotopic (exact) mass is 506 g/mol. The molecule has 186 valence electrons. The van der Waals surface area contributed by atoms with Gasteiger partial charge in [-0.25, -0.2) is 22.5 Å². The highest BCUT2D eigenvalue weighted by Gasteiger charge is 2.33.